The molecule has 0 unspecified atom stereocenters. The summed E-state index contributed by atoms with van der Waals surface area (Å²) in [6.45, 7) is 1.71. The molecule has 0 aliphatic heterocycles. The minimum atomic E-state index is -3.68. The second-order valence-corrected chi connectivity index (χ2v) is 7.12. The number of hydrogen-bond donors (Lipinski definition) is 1. The molecular formula is C18H16FNO2S. The predicted molar refractivity (Wildman–Crippen MR) is 89.1 cm³/mol. The summed E-state index contributed by atoms with van der Waals surface area (Å²) < 4.78 is 41.2. The third kappa shape index (κ3) is 3.25. The van der Waals surface area contributed by atoms with Gasteiger partial charge in [0.05, 0.1) is 4.90 Å². The molecule has 0 aliphatic rings. The number of halogens is 1. The Labute approximate surface area is 134 Å². The van der Waals surface area contributed by atoms with E-state index in [4.69, 9.17) is 0 Å². The van der Waals surface area contributed by atoms with Gasteiger partial charge in [-0.05, 0) is 35.6 Å². The van der Waals surface area contributed by atoms with Crippen molar-refractivity contribution in [1.82, 2.24) is 4.72 Å². The highest BCUT2D eigenvalue weighted by molar-refractivity contribution is 7.89. The van der Waals surface area contributed by atoms with Crippen molar-refractivity contribution in [3.8, 4) is 0 Å². The van der Waals surface area contributed by atoms with E-state index in [1.807, 2.05) is 18.2 Å². The number of fused-ring (bicyclic) bond motifs is 1. The highest BCUT2D eigenvalue weighted by Gasteiger charge is 2.16. The van der Waals surface area contributed by atoms with E-state index in [-0.39, 0.29) is 17.3 Å². The van der Waals surface area contributed by atoms with Crippen LogP contribution in [0, 0.1) is 12.7 Å². The van der Waals surface area contributed by atoms with Gasteiger partial charge < -0.3 is 0 Å². The maximum Gasteiger partial charge on any atom is 0.241 e. The van der Waals surface area contributed by atoms with Crippen molar-refractivity contribution in [1.29, 1.82) is 0 Å². The first-order valence-corrected chi connectivity index (χ1v) is 8.68. The van der Waals surface area contributed by atoms with E-state index in [9.17, 15) is 12.8 Å². The van der Waals surface area contributed by atoms with E-state index < -0.39 is 10.0 Å². The van der Waals surface area contributed by atoms with E-state index in [1.165, 1.54) is 6.07 Å². The molecule has 0 radical (unpaired) electrons. The fourth-order valence-corrected chi connectivity index (χ4v) is 3.68. The Bertz CT molecular complexity index is 962. The van der Waals surface area contributed by atoms with E-state index in [1.54, 1.807) is 43.3 Å². The molecule has 0 aliphatic carbocycles. The van der Waals surface area contributed by atoms with E-state index in [0.717, 1.165) is 5.39 Å². The Morgan fingerprint density at radius 1 is 1.00 bits per heavy atom. The summed E-state index contributed by atoms with van der Waals surface area (Å²) >= 11 is 0. The van der Waals surface area contributed by atoms with E-state index in [0.29, 0.717) is 16.5 Å². The van der Waals surface area contributed by atoms with Crippen molar-refractivity contribution in [2.45, 2.75) is 18.4 Å². The minimum absolute atomic E-state index is 0.0444. The number of sulfonamides is 1. The Kier molecular flexibility index (Phi) is 4.15. The molecule has 3 nitrogen and oxygen atoms in total. The topological polar surface area (TPSA) is 46.2 Å². The van der Waals surface area contributed by atoms with Gasteiger partial charge in [0, 0.05) is 11.9 Å². The van der Waals surface area contributed by atoms with Gasteiger partial charge in [-0.1, -0.05) is 48.5 Å². The lowest BCUT2D eigenvalue weighted by atomic mass is 10.1. The van der Waals surface area contributed by atoms with Crippen molar-refractivity contribution < 1.29 is 12.8 Å². The number of aryl methyl sites for hydroxylation is 1. The van der Waals surface area contributed by atoms with Crippen LogP contribution in [0.25, 0.3) is 10.8 Å². The molecule has 0 bridgehead atoms. The Morgan fingerprint density at radius 3 is 2.52 bits per heavy atom. The van der Waals surface area contributed by atoms with Crippen LogP contribution in [0.2, 0.25) is 0 Å². The number of rotatable bonds is 4. The van der Waals surface area contributed by atoms with Crippen molar-refractivity contribution in [3.05, 3.63) is 77.6 Å². The average Bonchev–Trinajstić information content (AvgIpc) is 2.55. The molecule has 0 heterocycles. The van der Waals surface area contributed by atoms with Gasteiger partial charge in [0.25, 0.3) is 0 Å². The van der Waals surface area contributed by atoms with Crippen LogP contribution in [0.3, 0.4) is 0 Å². The minimum Gasteiger partial charge on any atom is -0.207 e. The Morgan fingerprint density at radius 2 is 1.74 bits per heavy atom. The molecule has 0 amide bonds. The molecule has 0 saturated heterocycles. The normalized spacial score (nSPS) is 11.7. The molecule has 1 N–H and O–H groups in total. The molecule has 0 spiro atoms. The zero-order chi connectivity index (χ0) is 16.4. The van der Waals surface area contributed by atoms with Crippen LogP contribution >= 0.6 is 0 Å². The van der Waals surface area contributed by atoms with Crippen LogP contribution in [-0.2, 0) is 16.6 Å². The predicted octanol–water partition coefficient (Wildman–Crippen LogP) is 3.77. The first kappa shape index (κ1) is 15.6. The Balaban J connectivity index is 1.90. The largest absolute Gasteiger partial charge is 0.241 e. The average molecular weight is 329 g/mol. The van der Waals surface area contributed by atoms with Gasteiger partial charge in [-0.15, -0.1) is 0 Å². The fraction of sp³-hybridized carbons (Fsp3) is 0.111. The van der Waals surface area contributed by atoms with Crippen LogP contribution in [0.4, 0.5) is 4.39 Å². The SMILES string of the molecule is Cc1ccc(CNS(=O)(=O)c2cccc3ccccc23)cc1F. The summed E-state index contributed by atoms with van der Waals surface area (Å²) in [5.41, 5.74) is 1.11. The van der Waals surface area contributed by atoms with Crippen LogP contribution in [0.5, 0.6) is 0 Å². The van der Waals surface area contributed by atoms with Crippen LogP contribution < -0.4 is 4.72 Å². The van der Waals surface area contributed by atoms with Gasteiger partial charge >= 0.3 is 0 Å². The van der Waals surface area contributed by atoms with E-state index >= 15 is 0 Å². The van der Waals surface area contributed by atoms with Crippen LogP contribution in [-0.4, -0.2) is 8.42 Å². The van der Waals surface area contributed by atoms with Gasteiger partial charge in [-0.2, -0.15) is 0 Å². The summed E-state index contributed by atoms with van der Waals surface area (Å²) in [6.07, 6.45) is 0. The molecule has 118 valence electrons. The molecule has 0 atom stereocenters. The second kappa shape index (κ2) is 6.10. The summed E-state index contributed by atoms with van der Waals surface area (Å²) in [4.78, 5) is 0.225. The molecule has 0 saturated carbocycles. The summed E-state index contributed by atoms with van der Waals surface area (Å²) in [7, 11) is -3.68. The summed E-state index contributed by atoms with van der Waals surface area (Å²) in [5, 5.41) is 1.52. The summed E-state index contributed by atoms with van der Waals surface area (Å²) in [5.74, 6) is -0.341. The number of benzene rings is 3. The zero-order valence-corrected chi connectivity index (χ0v) is 13.4. The first-order valence-electron chi connectivity index (χ1n) is 7.20. The molecule has 3 aromatic carbocycles. The third-order valence-electron chi connectivity index (χ3n) is 3.74. The van der Waals surface area contributed by atoms with Gasteiger partial charge in [0.2, 0.25) is 10.0 Å². The molecule has 5 heteroatoms. The van der Waals surface area contributed by atoms with Crippen molar-refractivity contribution >= 4 is 20.8 Å². The van der Waals surface area contributed by atoms with Crippen molar-refractivity contribution in [2.24, 2.45) is 0 Å². The second-order valence-electron chi connectivity index (χ2n) is 5.39. The lowest BCUT2D eigenvalue weighted by Gasteiger charge is -2.10. The zero-order valence-electron chi connectivity index (χ0n) is 12.6. The molecule has 23 heavy (non-hydrogen) atoms. The molecular weight excluding hydrogens is 313 g/mol. The highest BCUT2D eigenvalue weighted by atomic mass is 32.2. The Hall–Kier alpha value is -2.24. The monoisotopic (exact) mass is 329 g/mol. The van der Waals surface area contributed by atoms with Crippen molar-refractivity contribution in [3.63, 3.8) is 0 Å². The number of hydrogen-bond acceptors (Lipinski definition) is 2. The lowest BCUT2D eigenvalue weighted by Crippen LogP contribution is -2.23. The molecule has 3 rings (SSSR count). The molecule has 0 fully saturated rings. The maximum absolute atomic E-state index is 13.6. The van der Waals surface area contributed by atoms with Gasteiger partial charge in [-0.25, -0.2) is 17.5 Å². The smallest absolute Gasteiger partial charge is 0.207 e. The first-order chi connectivity index (χ1) is 11.0. The molecule has 3 aromatic rings. The third-order valence-corrected chi connectivity index (χ3v) is 5.20. The fourth-order valence-electron chi connectivity index (χ4n) is 2.43. The van der Waals surface area contributed by atoms with Crippen molar-refractivity contribution in [2.75, 3.05) is 0 Å². The standard InChI is InChI=1S/C18H16FNO2S/c1-13-9-10-14(11-17(13)19)12-20-23(21,22)18-8-4-6-15-5-2-3-7-16(15)18/h2-11,20H,12H2,1H3. The highest BCUT2D eigenvalue weighted by Crippen LogP contribution is 2.22. The van der Waals surface area contributed by atoms with Gasteiger partial charge in [-0.3, -0.25) is 0 Å². The molecule has 0 aromatic heterocycles. The maximum atomic E-state index is 13.6. The summed E-state index contributed by atoms with van der Waals surface area (Å²) in [6, 6.07) is 17.1. The number of nitrogens with one attached hydrogen (secondary N) is 1. The lowest BCUT2D eigenvalue weighted by molar-refractivity contribution is 0.581. The van der Waals surface area contributed by atoms with Crippen LogP contribution in [0.15, 0.2) is 65.6 Å². The van der Waals surface area contributed by atoms with Gasteiger partial charge in [0.15, 0.2) is 0 Å². The van der Waals surface area contributed by atoms with Crippen LogP contribution in [0.1, 0.15) is 11.1 Å². The van der Waals surface area contributed by atoms with E-state index in [2.05, 4.69) is 4.72 Å². The van der Waals surface area contributed by atoms with Gasteiger partial charge in [0.1, 0.15) is 5.82 Å². The quantitative estimate of drug-likeness (QED) is 0.792.